The van der Waals surface area contributed by atoms with Gasteiger partial charge in [-0.15, -0.1) is 0 Å². The normalized spacial score (nSPS) is 11.3. The van der Waals surface area contributed by atoms with Crippen molar-refractivity contribution in [3.63, 3.8) is 0 Å². The van der Waals surface area contributed by atoms with Crippen molar-refractivity contribution < 1.29 is 27.2 Å². The number of hydrogen-bond acceptors (Lipinski definition) is 4. The highest BCUT2D eigenvalue weighted by atomic mass is 19.4. The molecule has 9 heteroatoms. The van der Waals surface area contributed by atoms with E-state index < -0.39 is 17.8 Å². The van der Waals surface area contributed by atoms with Crippen LogP contribution in [-0.4, -0.2) is 17.4 Å². The molecule has 3 rings (SSSR count). The van der Waals surface area contributed by atoms with E-state index in [1.54, 1.807) is 6.07 Å². The van der Waals surface area contributed by atoms with Gasteiger partial charge in [0.05, 0.1) is 11.3 Å². The maximum atomic E-state index is 12.5. The number of nitrogens with one attached hydrogen (secondary N) is 1. The lowest BCUT2D eigenvalue weighted by Crippen LogP contribution is -2.33. The van der Waals surface area contributed by atoms with Crippen LogP contribution in [0, 0.1) is 0 Å². The number of alkyl halides is 3. The largest absolute Gasteiger partial charge is 0.443 e. The van der Waals surface area contributed by atoms with Crippen LogP contribution < -0.4 is 10.2 Å². The lowest BCUT2D eigenvalue weighted by atomic mass is 10.2. The second-order valence-electron chi connectivity index (χ2n) is 4.99. The molecule has 128 valence electrons. The molecular weight excluding hydrogens is 339 g/mol. The summed E-state index contributed by atoms with van der Waals surface area (Å²) < 4.78 is 42.7. The molecule has 0 radical (unpaired) electrons. The summed E-state index contributed by atoms with van der Waals surface area (Å²) in [7, 11) is 0. The molecule has 0 saturated carbocycles. The van der Waals surface area contributed by atoms with Gasteiger partial charge < -0.3 is 9.73 Å². The Balaban J connectivity index is 1.79. The number of oxazole rings is 1. The molecule has 6 nitrogen and oxygen atoms in total. The number of amides is 3. The maximum absolute atomic E-state index is 12.5. The summed E-state index contributed by atoms with van der Waals surface area (Å²) in [6.07, 6.45) is -2.96. The molecule has 0 saturated heterocycles. The van der Waals surface area contributed by atoms with Crippen molar-refractivity contribution in [3.8, 4) is 0 Å². The van der Waals surface area contributed by atoms with Crippen LogP contribution in [0.1, 0.15) is 5.56 Å². The Morgan fingerprint density at radius 2 is 1.88 bits per heavy atom. The highest BCUT2D eigenvalue weighted by Gasteiger charge is 2.30. The van der Waals surface area contributed by atoms with Gasteiger partial charge in [-0.05, 0) is 36.4 Å². The van der Waals surface area contributed by atoms with Gasteiger partial charge in [0.25, 0.3) is 0 Å². The lowest BCUT2D eigenvalue weighted by molar-refractivity contribution is -0.137. The van der Waals surface area contributed by atoms with E-state index >= 15 is 0 Å². The molecule has 0 bridgehead atoms. The van der Waals surface area contributed by atoms with Gasteiger partial charge in [-0.25, -0.2) is 14.7 Å². The Labute approximate surface area is 138 Å². The van der Waals surface area contributed by atoms with Crippen molar-refractivity contribution in [1.82, 2.24) is 4.98 Å². The Morgan fingerprint density at radius 1 is 1.16 bits per heavy atom. The van der Waals surface area contributed by atoms with Crippen molar-refractivity contribution in [3.05, 3.63) is 54.4 Å². The maximum Gasteiger partial charge on any atom is 0.416 e. The first-order valence-corrected chi connectivity index (χ1v) is 6.94. The molecule has 1 heterocycles. The third-order valence-corrected chi connectivity index (χ3v) is 3.38. The SMILES string of the molecule is O=CN(C(=O)Nc1ccc(C(F)(F)F)cc1)c1ccc2ncoc2c1. The predicted molar refractivity (Wildman–Crippen MR) is 83.0 cm³/mol. The molecule has 0 aliphatic rings. The van der Waals surface area contributed by atoms with E-state index in [1.165, 1.54) is 18.5 Å². The second-order valence-corrected chi connectivity index (χ2v) is 4.99. The highest BCUT2D eigenvalue weighted by molar-refractivity contribution is 6.12. The average molecular weight is 349 g/mol. The monoisotopic (exact) mass is 349 g/mol. The number of urea groups is 1. The number of rotatable bonds is 3. The summed E-state index contributed by atoms with van der Waals surface area (Å²) in [6, 6.07) is 7.55. The smallest absolute Gasteiger partial charge is 0.416 e. The Morgan fingerprint density at radius 3 is 2.52 bits per heavy atom. The van der Waals surface area contributed by atoms with Crippen LogP contribution in [0.25, 0.3) is 11.1 Å². The van der Waals surface area contributed by atoms with Gasteiger partial charge in [0.15, 0.2) is 12.0 Å². The lowest BCUT2D eigenvalue weighted by Gasteiger charge is -2.16. The van der Waals surface area contributed by atoms with Crippen LogP contribution >= 0.6 is 0 Å². The molecular formula is C16H10F3N3O3. The Bertz CT molecular complexity index is 920. The molecule has 1 aromatic heterocycles. The number of benzene rings is 2. The number of nitrogens with zero attached hydrogens (tertiary/aromatic N) is 2. The minimum atomic E-state index is -4.47. The zero-order valence-electron chi connectivity index (χ0n) is 12.4. The standard InChI is InChI=1S/C16H10F3N3O3/c17-16(18,19)10-1-3-11(4-2-10)21-15(24)22(9-23)12-5-6-13-14(7-12)25-8-20-13/h1-9H,(H,21,24). The van der Waals surface area contributed by atoms with Gasteiger partial charge in [0, 0.05) is 11.8 Å². The molecule has 3 aromatic rings. The van der Waals surface area contributed by atoms with Gasteiger partial charge in [-0.2, -0.15) is 13.2 Å². The summed E-state index contributed by atoms with van der Waals surface area (Å²) in [4.78, 5) is 28.2. The Hall–Kier alpha value is -3.36. The van der Waals surface area contributed by atoms with E-state index in [0.29, 0.717) is 11.1 Å². The molecule has 2 aromatic carbocycles. The fraction of sp³-hybridized carbons (Fsp3) is 0.0625. The van der Waals surface area contributed by atoms with Gasteiger partial charge in [0.2, 0.25) is 6.41 Å². The zero-order valence-corrected chi connectivity index (χ0v) is 12.4. The second kappa shape index (κ2) is 6.27. The van der Waals surface area contributed by atoms with Gasteiger partial charge >= 0.3 is 12.2 Å². The van der Waals surface area contributed by atoms with Crippen molar-refractivity contribution >= 4 is 34.9 Å². The van der Waals surface area contributed by atoms with Gasteiger partial charge in [-0.1, -0.05) is 0 Å². The number of aromatic nitrogens is 1. The first-order valence-electron chi connectivity index (χ1n) is 6.94. The minimum absolute atomic E-state index is 0.116. The molecule has 1 N–H and O–H groups in total. The van der Waals surface area contributed by atoms with Crippen LogP contribution in [-0.2, 0) is 11.0 Å². The number of fused-ring (bicyclic) bond motifs is 1. The van der Waals surface area contributed by atoms with Crippen molar-refractivity contribution in [1.29, 1.82) is 0 Å². The summed E-state index contributed by atoms with van der Waals surface area (Å²) in [5.74, 6) is 0. The van der Waals surface area contributed by atoms with Crippen LogP contribution in [0.4, 0.5) is 29.3 Å². The number of imide groups is 1. The van der Waals surface area contributed by atoms with E-state index in [2.05, 4.69) is 10.3 Å². The van der Waals surface area contributed by atoms with Crippen LogP contribution in [0.3, 0.4) is 0 Å². The fourth-order valence-corrected chi connectivity index (χ4v) is 2.15. The van der Waals surface area contributed by atoms with E-state index in [1.807, 2.05) is 0 Å². The van der Waals surface area contributed by atoms with Crippen molar-refractivity contribution in [2.45, 2.75) is 6.18 Å². The van der Waals surface area contributed by atoms with Gasteiger partial charge in [-0.3, -0.25) is 4.79 Å². The Kier molecular flexibility index (Phi) is 4.14. The molecule has 3 amide bonds. The van der Waals surface area contributed by atoms with E-state index in [0.717, 1.165) is 29.2 Å². The molecule has 0 aliphatic heterocycles. The first-order chi connectivity index (χ1) is 11.9. The van der Waals surface area contributed by atoms with Crippen molar-refractivity contribution in [2.75, 3.05) is 10.2 Å². The molecule has 0 unspecified atom stereocenters. The van der Waals surface area contributed by atoms with Crippen LogP contribution in [0.5, 0.6) is 0 Å². The summed E-state index contributed by atoms with van der Waals surface area (Å²) in [6.45, 7) is 0. The number of halogens is 3. The number of carbonyl (C=O) groups is 2. The molecule has 0 atom stereocenters. The third kappa shape index (κ3) is 3.44. The minimum Gasteiger partial charge on any atom is -0.443 e. The quantitative estimate of drug-likeness (QED) is 0.724. The molecule has 25 heavy (non-hydrogen) atoms. The summed E-state index contributed by atoms with van der Waals surface area (Å²) in [5.41, 5.74) is 0.437. The van der Waals surface area contributed by atoms with E-state index in [9.17, 15) is 22.8 Å². The third-order valence-electron chi connectivity index (χ3n) is 3.38. The van der Waals surface area contributed by atoms with Crippen molar-refractivity contribution in [2.24, 2.45) is 0 Å². The van der Waals surface area contributed by atoms with E-state index in [4.69, 9.17) is 4.42 Å². The van der Waals surface area contributed by atoms with Crippen LogP contribution in [0.15, 0.2) is 53.3 Å². The molecule has 0 aliphatic carbocycles. The number of anilines is 2. The number of carbonyl (C=O) groups excluding carboxylic acids is 2. The fourth-order valence-electron chi connectivity index (χ4n) is 2.15. The topological polar surface area (TPSA) is 75.4 Å². The zero-order chi connectivity index (χ0) is 18.0. The summed E-state index contributed by atoms with van der Waals surface area (Å²) >= 11 is 0. The summed E-state index contributed by atoms with van der Waals surface area (Å²) in [5, 5.41) is 2.35. The predicted octanol–water partition coefficient (Wildman–Crippen LogP) is 4.04. The average Bonchev–Trinajstić information content (AvgIpc) is 3.03. The number of hydrogen-bond donors (Lipinski definition) is 1. The molecule has 0 fully saturated rings. The van der Waals surface area contributed by atoms with E-state index in [-0.39, 0.29) is 17.8 Å². The highest BCUT2D eigenvalue weighted by Crippen LogP contribution is 2.30. The molecule has 0 spiro atoms. The first kappa shape index (κ1) is 16.5. The van der Waals surface area contributed by atoms with Crippen LogP contribution in [0.2, 0.25) is 0 Å². The van der Waals surface area contributed by atoms with Gasteiger partial charge in [0.1, 0.15) is 5.52 Å².